The van der Waals surface area contributed by atoms with Gasteiger partial charge in [0.2, 0.25) is 5.89 Å². The van der Waals surface area contributed by atoms with Gasteiger partial charge < -0.3 is 9.73 Å². The summed E-state index contributed by atoms with van der Waals surface area (Å²) in [6.07, 6.45) is 3.73. The van der Waals surface area contributed by atoms with E-state index < -0.39 is 0 Å². The van der Waals surface area contributed by atoms with Gasteiger partial charge in [-0.25, -0.2) is 4.98 Å². The Hall–Kier alpha value is -1.77. The highest BCUT2D eigenvalue weighted by Gasteiger charge is 2.11. The lowest BCUT2D eigenvalue weighted by Gasteiger charge is -2.06. The van der Waals surface area contributed by atoms with E-state index in [0.29, 0.717) is 6.54 Å². The Bertz CT molecular complexity index is 552. The summed E-state index contributed by atoms with van der Waals surface area (Å²) in [5, 5.41) is 3.37. The van der Waals surface area contributed by atoms with Crippen LogP contribution in [0.3, 0.4) is 0 Å². The molecule has 0 bridgehead atoms. The van der Waals surface area contributed by atoms with Gasteiger partial charge in [-0.05, 0) is 56.4 Å². The van der Waals surface area contributed by atoms with Crippen LogP contribution < -0.4 is 5.32 Å². The molecular formula is C15H18N2O. The third-order valence-electron chi connectivity index (χ3n) is 3.62. The summed E-state index contributed by atoms with van der Waals surface area (Å²) in [7, 11) is 0. The van der Waals surface area contributed by atoms with Crippen LogP contribution in [0.2, 0.25) is 0 Å². The number of aromatic nitrogens is 1. The molecule has 0 radical (unpaired) electrons. The van der Waals surface area contributed by atoms with Crippen LogP contribution in [0, 0.1) is 13.8 Å². The van der Waals surface area contributed by atoms with Gasteiger partial charge in [-0.2, -0.15) is 0 Å². The third kappa shape index (κ3) is 2.13. The number of anilines is 1. The SMILES string of the molecule is Cc1nc(CNc2ccc3c(c2)CCC3)oc1C. The molecule has 0 saturated carbocycles. The van der Waals surface area contributed by atoms with Crippen molar-refractivity contribution in [1.82, 2.24) is 4.98 Å². The highest BCUT2D eigenvalue weighted by atomic mass is 16.4. The third-order valence-corrected chi connectivity index (χ3v) is 3.62. The second-order valence-corrected chi connectivity index (χ2v) is 4.94. The minimum absolute atomic E-state index is 0.646. The Kier molecular flexibility index (Phi) is 2.82. The molecule has 0 saturated heterocycles. The Morgan fingerprint density at radius 2 is 2.06 bits per heavy atom. The van der Waals surface area contributed by atoms with Crippen LogP contribution in [0.15, 0.2) is 22.6 Å². The molecule has 1 N–H and O–H groups in total. The van der Waals surface area contributed by atoms with Crippen molar-refractivity contribution in [3.8, 4) is 0 Å². The number of hydrogen-bond acceptors (Lipinski definition) is 3. The van der Waals surface area contributed by atoms with Crippen molar-refractivity contribution in [3.05, 3.63) is 46.7 Å². The van der Waals surface area contributed by atoms with Crippen LogP contribution in [-0.2, 0) is 19.4 Å². The largest absolute Gasteiger partial charge is 0.444 e. The number of oxazole rings is 1. The number of benzene rings is 1. The summed E-state index contributed by atoms with van der Waals surface area (Å²) in [5.74, 6) is 1.66. The van der Waals surface area contributed by atoms with Gasteiger partial charge in [-0.3, -0.25) is 0 Å². The molecule has 94 valence electrons. The number of aryl methyl sites for hydroxylation is 4. The summed E-state index contributed by atoms with van der Waals surface area (Å²) >= 11 is 0. The monoisotopic (exact) mass is 242 g/mol. The normalized spacial score (nSPS) is 13.7. The average Bonchev–Trinajstić information content (AvgIpc) is 2.94. The van der Waals surface area contributed by atoms with E-state index in [0.717, 1.165) is 23.0 Å². The Balaban J connectivity index is 1.70. The highest BCUT2D eigenvalue weighted by molar-refractivity contribution is 5.50. The zero-order valence-electron chi connectivity index (χ0n) is 10.9. The minimum Gasteiger partial charge on any atom is -0.444 e. The average molecular weight is 242 g/mol. The quantitative estimate of drug-likeness (QED) is 0.896. The van der Waals surface area contributed by atoms with E-state index in [1.165, 1.54) is 30.4 Å². The molecule has 2 aromatic rings. The molecule has 0 fully saturated rings. The Labute approximate surface area is 107 Å². The molecule has 1 aliphatic carbocycles. The number of hydrogen-bond donors (Lipinski definition) is 1. The standard InChI is InChI=1S/C15H18N2O/c1-10-11(2)18-15(17-10)9-16-14-7-6-12-4-3-5-13(12)8-14/h6-8,16H,3-5,9H2,1-2H3. The van der Waals surface area contributed by atoms with E-state index in [-0.39, 0.29) is 0 Å². The van der Waals surface area contributed by atoms with Crippen molar-refractivity contribution in [1.29, 1.82) is 0 Å². The summed E-state index contributed by atoms with van der Waals surface area (Å²) in [5.41, 5.74) is 5.12. The highest BCUT2D eigenvalue weighted by Crippen LogP contribution is 2.25. The maximum absolute atomic E-state index is 5.56. The first kappa shape index (κ1) is 11.3. The van der Waals surface area contributed by atoms with E-state index in [2.05, 4.69) is 28.5 Å². The molecule has 1 heterocycles. The van der Waals surface area contributed by atoms with Crippen molar-refractivity contribution >= 4 is 5.69 Å². The molecule has 0 atom stereocenters. The van der Waals surface area contributed by atoms with Gasteiger partial charge in [0.1, 0.15) is 5.76 Å². The molecule has 3 heteroatoms. The van der Waals surface area contributed by atoms with Gasteiger partial charge in [-0.1, -0.05) is 6.07 Å². The molecule has 3 rings (SSSR count). The number of nitrogens with one attached hydrogen (secondary N) is 1. The van der Waals surface area contributed by atoms with Crippen LogP contribution in [0.5, 0.6) is 0 Å². The zero-order valence-corrected chi connectivity index (χ0v) is 10.9. The second kappa shape index (κ2) is 4.48. The number of nitrogens with zero attached hydrogens (tertiary/aromatic N) is 1. The van der Waals surface area contributed by atoms with Crippen molar-refractivity contribution in [2.24, 2.45) is 0 Å². The Morgan fingerprint density at radius 3 is 2.83 bits per heavy atom. The van der Waals surface area contributed by atoms with Gasteiger partial charge in [0.05, 0.1) is 12.2 Å². The molecule has 3 nitrogen and oxygen atoms in total. The van der Waals surface area contributed by atoms with Gasteiger partial charge in [0.15, 0.2) is 0 Å². The lowest BCUT2D eigenvalue weighted by atomic mass is 10.1. The maximum atomic E-state index is 5.56. The number of fused-ring (bicyclic) bond motifs is 1. The zero-order chi connectivity index (χ0) is 12.5. The van der Waals surface area contributed by atoms with E-state index in [1.807, 2.05) is 13.8 Å². The topological polar surface area (TPSA) is 38.1 Å². The molecular weight excluding hydrogens is 224 g/mol. The Morgan fingerprint density at radius 1 is 1.22 bits per heavy atom. The fourth-order valence-corrected chi connectivity index (χ4v) is 2.47. The van der Waals surface area contributed by atoms with Crippen LogP contribution >= 0.6 is 0 Å². The van der Waals surface area contributed by atoms with Crippen LogP contribution in [0.25, 0.3) is 0 Å². The predicted molar refractivity (Wildman–Crippen MR) is 71.8 cm³/mol. The van der Waals surface area contributed by atoms with E-state index in [9.17, 15) is 0 Å². The molecule has 0 aliphatic heterocycles. The van der Waals surface area contributed by atoms with Crippen molar-refractivity contribution in [2.75, 3.05) is 5.32 Å². The van der Waals surface area contributed by atoms with Crippen molar-refractivity contribution in [2.45, 2.75) is 39.7 Å². The first-order valence-corrected chi connectivity index (χ1v) is 6.51. The van der Waals surface area contributed by atoms with E-state index in [4.69, 9.17) is 4.42 Å². The summed E-state index contributed by atoms with van der Waals surface area (Å²) in [4.78, 5) is 4.37. The fraction of sp³-hybridized carbons (Fsp3) is 0.400. The lowest BCUT2D eigenvalue weighted by molar-refractivity contribution is 0.478. The van der Waals surface area contributed by atoms with Gasteiger partial charge >= 0.3 is 0 Å². The summed E-state index contributed by atoms with van der Waals surface area (Å²) in [6, 6.07) is 6.63. The first-order valence-electron chi connectivity index (χ1n) is 6.51. The fourth-order valence-electron chi connectivity index (χ4n) is 2.47. The smallest absolute Gasteiger partial charge is 0.213 e. The van der Waals surface area contributed by atoms with Crippen LogP contribution in [0.1, 0.15) is 34.9 Å². The number of rotatable bonds is 3. The second-order valence-electron chi connectivity index (χ2n) is 4.94. The first-order chi connectivity index (χ1) is 8.72. The minimum atomic E-state index is 0.646. The molecule has 1 aromatic heterocycles. The van der Waals surface area contributed by atoms with Crippen LogP contribution in [-0.4, -0.2) is 4.98 Å². The van der Waals surface area contributed by atoms with Crippen LogP contribution in [0.4, 0.5) is 5.69 Å². The van der Waals surface area contributed by atoms with Crippen molar-refractivity contribution < 1.29 is 4.42 Å². The van der Waals surface area contributed by atoms with Gasteiger partial charge in [0, 0.05) is 5.69 Å². The molecule has 1 aromatic carbocycles. The summed E-state index contributed by atoms with van der Waals surface area (Å²) < 4.78 is 5.56. The lowest BCUT2D eigenvalue weighted by Crippen LogP contribution is -2.00. The molecule has 1 aliphatic rings. The van der Waals surface area contributed by atoms with Crippen molar-refractivity contribution in [3.63, 3.8) is 0 Å². The molecule has 0 spiro atoms. The molecule has 18 heavy (non-hydrogen) atoms. The molecule has 0 unspecified atom stereocenters. The maximum Gasteiger partial charge on any atom is 0.213 e. The van der Waals surface area contributed by atoms with Gasteiger partial charge in [0.25, 0.3) is 0 Å². The van der Waals surface area contributed by atoms with Gasteiger partial charge in [-0.15, -0.1) is 0 Å². The van der Waals surface area contributed by atoms with E-state index >= 15 is 0 Å². The predicted octanol–water partition coefficient (Wildman–Crippen LogP) is 3.39. The van der Waals surface area contributed by atoms with E-state index in [1.54, 1.807) is 0 Å². The summed E-state index contributed by atoms with van der Waals surface area (Å²) in [6.45, 7) is 4.56. The molecule has 0 amide bonds.